The van der Waals surface area contributed by atoms with Gasteiger partial charge in [-0.3, -0.25) is 9.59 Å². The van der Waals surface area contributed by atoms with E-state index in [0.717, 1.165) is 61.2 Å². The second-order valence-electron chi connectivity index (χ2n) is 10.3. The number of carbonyl (C=O) groups is 2. The van der Waals surface area contributed by atoms with E-state index in [9.17, 15) is 14.7 Å². The van der Waals surface area contributed by atoms with Crippen molar-refractivity contribution in [1.82, 2.24) is 10.2 Å². The fraction of sp³-hybridized carbons (Fsp3) is 0.394. The maximum Gasteiger partial charge on any atom is 0.220 e. The lowest BCUT2D eigenvalue weighted by Crippen LogP contribution is -2.46. The third-order valence-electron chi connectivity index (χ3n) is 7.46. The van der Waals surface area contributed by atoms with Crippen LogP contribution in [0.4, 0.5) is 0 Å². The van der Waals surface area contributed by atoms with Crippen molar-refractivity contribution >= 4 is 11.7 Å². The van der Waals surface area contributed by atoms with Crippen molar-refractivity contribution in [2.75, 3.05) is 26.7 Å². The number of unbranched alkanes of at least 4 members (excludes halogenated alkanes) is 2. The maximum absolute atomic E-state index is 12.9. The van der Waals surface area contributed by atoms with Gasteiger partial charge in [0.25, 0.3) is 0 Å². The van der Waals surface area contributed by atoms with E-state index in [-0.39, 0.29) is 17.7 Å². The summed E-state index contributed by atoms with van der Waals surface area (Å²) in [6, 6.07) is 24.9. The number of benzene rings is 3. The molecule has 6 nitrogen and oxygen atoms in total. The van der Waals surface area contributed by atoms with Crippen molar-refractivity contribution in [2.24, 2.45) is 0 Å². The molecule has 1 aliphatic rings. The zero-order valence-electron chi connectivity index (χ0n) is 22.9. The molecule has 206 valence electrons. The summed E-state index contributed by atoms with van der Waals surface area (Å²) in [5.41, 5.74) is 3.71. The number of ether oxygens (including phenoxy) is 1. The minimum Gasteiger partial charge on any atom is -0.497 e. The van der Waals surface area contributed by atoms with E-state index in [4.69, 9.17) is 4.74 Å². The smallest absolute Gasteiger partial charge is 0.220 e. The van der Waals surface area contributed by atoms with Crippen molar-refractivity contribution in [3.8, 4) is 16.9 Å². The van der Waals surface area contributed by atoms with Crippen molar-refractivity contribution in [1.29, 1.82) is 0 Å². The van der Waals surface area contributed by atoms with Crippen molar-refractivity contribution in [2.45, 2.75) is 57.1 Å². The Balaban J connectivity index is 1.27. The first kappa shape index (κ1) is 28.5. The van der Waals surface area contributed by atoms with Gasteiger partial charge >= 0.3 is 0 Å². The molecule has 3 aromatic carbocycles. The Morgan fingerprint density at radius 2 is 1.49 bits per heavy atom. The molecule has 0 unspecified atom stereocenters. The zero-order chi connectivity index (χ0) is 27.5. The van der Waals surface area contributed by atoms with Crippen LogP contribution < -0.4 is 10.1 Å². The monoisotopic (exact) mass is 528 g/mol. The fourth-order valence-electron chi connectivity index (χ4n) is 5.15. The van der Waals surface area contributed by atoms with Gasteiger partial charge in [-0.05, 0) is 79.7 Å². The number of methoxy groups -OCH3 is 1. The largest absolute Gasteiger partial charge is 0.497 e. The molecule has 1 aliphatic heterocycles. The molecule has 4 rings (SSSR count). The van der Waals surface area contributed by atoms with Gasteiger partial charge in [0.15, 0.2) is 5.78 Å². The molecule has 1 saturated heterocycles. The lowest BCUT2D eigenvalue weighted by Gasteiger charge is -2.29. The molecule has 6 heteroatoms. The average Bonchev–Trinajstić information content (AvgIpc) is 3.50. The molecule has 0 bridgehead atoms. The summed E-state index contributed by atoms with van der Waals surface area (Å²) < 4.78 is 5.14. The van der Waals surface area contributed by atoms with E-state index in [1.165, 1.54) is 0 Å². The number of hydrogen-bond acceptors (Lipinski definition) is 5. The Kier molecular flexibility index (Phi) is 10.7. The molecule has 1 heterocycles. The topological polar surface area (TPSA) is 78.9 Å². The van der Waals surface area contributed by atoms with Crippen LogP contribution in [0.25, 0.3) is 11.1 Å². The maximum atomic E-state index is 12.9. The van der Waals surface area contributed by atoms with Gasteiger partial charge in [0, 0.05) is 24.9 Å². The van der Waals surface area contributed by atoms with Crippen molar-refractivity contribution < 1.29 is 19.4 Å². The number of hydrogen-bond donors (Lipinski definition) is 2. The van der Waals surface area contributed by atoms with Crippen molar-refractivity contribution in [3.63, 3.8) is 0 Å². The number of nitrogens with one attached hydrogen (secondary N) is 1. The van der Waals surface area contributed by atoms with E-state index in [0.29, 0.717) is 31.4 Å². The Hall–Kier alpha value is -3.48. The number of rotatable bonds is 14. The molecule has 0 radical (unpaired) electrons. The lowest BCUT2D eigenvalue weighted by atomic mass is 9.98. The molecule has 2 atom stereocenters. The second kappa shape index (κ2) is 14.6. The van der Waals surface area contributed by atoms with Crippen LogP contribution >= 0.6 is 0 Å². The highest BCUT2D eigenvalue weighted by Crippen LogP contribution is 2.25. The summed E-state index contributed by atoms with van der Waals surface area (Å²) in [6.45, 7) is 2.62. The van der Waals surface area contributed by atoms with Gasteiger partial charge < -0.3 is 20.1 Å². The molecular weight excluding hydrogens is 488 g/mol. The van der Waals surface area contributed by atoms with Gasteiger partial charge in [-0.2, -0.15) is 0 Å². The van der Waals surface area contributed by atoms with E-state index < -0.39 is 6.10 Å². The van der Waals surface area contributed by atoms with Crippen LogP contribution in [-0.2, 0) is 4.79 Å². The molecule has 1 fully saturated rings. The third-order valence-corrected chi connectivity index (χ3v) is 7.46. The van der Waals surface area contributed by atoms with Crippen LogP contribution in [0.3, 0.4) is 0 Å². The summed E-state index contributed by atoms with van der Waals surface area (Å²) in [7, 11) is 1.60. The molecule has 0 aromatic heterocycles. The minimum absolute atomic E-state index is 0.0550. The molecule has 0 saturated carbocycles. The quantitative estimate of drug-likeness (QED) is 0.204. The van der Waals surface area contributed by atoms with E-state index >= 15 is 0 Å². The molecule has 1 amide bonds. The van der Waals surface area contributed by atoms with E-state index in [2.05, 4.69) is 22.3 Å². The number of Topliss-reactive ketones (excluding diaryl/α,β-unsaturated/α-hetero) is 1. The van der Waals surface area contributed by atoms with Gasteiger partial charge in [-0.1, -0.05) is 61.0 Å². The second-order valence-corrected chi connectivity index (χ2v) is 10.3. The average molecular weight is 529 g/mol. The first-order valence-corrected chi connectivity index (χ1v) is 14.1. The number of amides is 1. The Labute approximate surface area is 232 Å². The summed E-state index contributed by atoms with van der Waals surface area (Å²) in [5.74, 6) is 0.782. The van der Waals surface area contributed by atoms with Crippen LogP contribution in [0.5, 0.6) is 5.75 Å². The number of ketones is 1. The van der Waals surface area contributed by atoms with Crippen LogP contribution in [0.1, 0.15) is 67.0 Å². The standard InChI is InChI=1S/C33H40N2O4/c1-39-29-20-18-27(19-21-29)31(36)12-6-3-7-13-32(37)34-30(24-35-22-8-9-23-35)33(38)28-16-14-26(15-17-28)25-10-4-2-5-11-25/h2,4-5,10-11,14-21,30,33,38H,3,6-9,12-13,22-24H2,1H3,(H,34,37)/t30-,33-/m1/s1. The van der Waals surface area contributed by atoms with Gasteiger partial charge in [0.05, 0.1) is 13.2 Å². The first-order chi connectivity index (χ1) is 19.0. The summed E-state index contributed by atoms with van der Waals surface area (Å²) in [4.78, 5) is 27.6. The molecule has 0 aliphatic carbocycles. The van der Waals surface area contributed by atoms with E-state index in [1.54, 1.807) is 31.4 Å². The van der Waals surface area contributed by atoms with Crippen LogP contribution in [0.15, 0.2) is 78.9 Å². The van der Waals surface area contributed by atoms with Crippen LogP contribution in [0, 0.1) is 0 Å². The molecule has 2 N–H and O–H groups in total. The number of nitrogens with zero attached hydrogens (tertiary/aromatic N) is 1. The van der Waals surface area contributed by atoms with Gasteiger partial charge in [-0.15, -0.1) is 0 Å². The number of likely N-dealkylation sites (tertiary alicyclic amines) is 1. The SMILES string of the molecule is COc1ccc(C(=O)CCCCCC(=O)N[C@H](CN2CCCC2)[C@H](O)c2ccc(-c3ccccc3)cc2)cc1. The van der Waals surface area contributed by atoms with E-state index in [1.807, 2.05) is 42.5 Å². The summed E-state index contributed by atoms with van der Waals surface area (Å²) in [5, 5.41) is 14.4. The minimum atomic E-state index is -0.790. The summed E-state index contributed by atoms with van der Waals surface area (Å²) in [6.07, 6.45) is 4.61. The molecule has 39 heavy (non-hydrogen) atoms. The van der Waals surface area contributed by atoms with Gasteiger partial charge in [-0.25, -0.2) is 0 Å². The number of aliphatic hydroxyl groups excluding tert-OH is 1. The van der Waals surface area contributed by atoms with Crippen molar-refractivity contribution in [3.05, 3.63) is 90.0 Å². The highest BCUT2D eigenvalue weighted by atomic mass is 16.5. The highest BCUT2D eigenvalue weighted by Gasteiger charge is 2.26. The molecular formula is C33H40N2O4. The van der Waals surface area contributed by atoms with Gasteiger partial charge in [0.1, 0.15) is 11.9 Å². The van der Waals surface area contributed by atoms with Crippen LogP contribution in [-0.4, -0.2) is 54.5 Å². The van der Waals surface area contributed by atoms with Gasteiger partial charge in [0.2, 0.25) is 5.91 Å². The molecule has 0 spiro atoms. The third kappa shape index (κ3) is 8.50. The predicted octanol–water partition coefficient (Wildman–Crippen LogP) is 5.81. The normalized spacial score (nSPS) is 15.0. The Morgan fingerprint density at radius 3 is 2.15 bits per heavy atom. The zero-order valence-corrected chi connectivity index (χ0v) is 22.9. The number of carbonyl (C=O) groups excluding carboxylic acids is 2. The Bertz CT molecular complexity index is 1170. The predicted molar refractivity (Wildman–Crippen MR) is 155 cm³/mol. The number of aliphatic hydroxyl groups is 1. The fourth-order valence-corrected chi connectivity index (χ4v) is 5.15. The first-order valence-electron chi connectivity index (χ1n) is 14.1. The summed E-state index contributed by atoms with van der Waals surface area (Å²) >= 11 is 0. The highest BCUT2D eigenvalue weighted by molar-refractivity contribution is 5.96. The van der Waals surface area contributed by atoms with Crippen LogP contribution in [0.2, 0.25) is 0 Å². The molecule has 3 aromatic rings. The Morgan fingerprint density at radius 1 is 0.846 bits per heavy atom. The lowest BCUT2D eigenvalue weighted by molar-refractivity contribution is -0.123.